The molecule has 0 aliphatic rings. The highest BCUT2D eigenvalue weighted by molar-refractivity contribution is 5.79. The summed E-state index contributed by atoms with van der Waals surface area (Å²) in [5, 5.41) is 10.7. The second-order valence-corrected chi connectivity index (χ2v) is 7.76. The predicted molar refractivity (Wildman–Crippen MR) is 128 cm³/mol. The zero-order chi connectivity index (χ0) is 22.3. The summed E-state index contributed by atoms with van der Waals surface area (Å²) in [5.41, 5.74) is 5.85. The van der Waals surface area contributed by atoms with Crippen molar-refractivity contribution in [2.75, 3.05) is 32.6 Å². The van der Waals surface area contributed by atoms with E-state index in [0.717, 1.165) is 46.9 Å². The van der Waals surface area contributed by atoms with Gasteiger partial charge in [-0.1, -0.05) is 31.2 Å². The van der Waals surface area contributed by atoms with Crippen LogP contribution in [-0.2, 0) is 6.42 Å². The van der Waals surface area contributed by atoms with E-state index in [0.29, 0.717) is 12.6 Å². The SMILES string of the molecule is CCc1ccc(-c2n[nH]cc2-c2ccnc(Nc3ccc(OCCN(C)C)cc3)n2)cc1. The minimum Gasteiger partial charge on any atom is -0.492 e. The molecule has 0 aliphatic carbocycles. The first-order valence-electron chi connectivity index (χ1n) is 10.7. The lowest BCUT2D eigenvalue weighted by Crippen LogP contribution is -2.19. The van der Waals surface area contributed by atoms with Crippen molar-refractivity contribution in [1.29, 1.82) is 0 Å². The van der Waals surface area contributed by atoms with Crippen molar-refractivity contribution in [3.63, 3.8) is 0 Å². The largest absolute Gasteiger partial charge is 0.492 e. The third kappa shape index (κ3) is 5.31. The molecule has 0 saturated heterocycles. The van der Waals surface area contributed by atoms with Gasteiger partial charge < -0.3 is 15.0 Å². The van der Waals surface area contributed by atoms with Crippen molar-refractivity contribution in [3.8, 4) is 28.3 Å². The Labute approximate surface area is 188 Å². The molecule has 0 atom stereocenters. The highest BCUT2D eigenvalue weighted by Gasteiger charge is 2.13. The van der Waals surface area contributed by atoms with E-state index in [1.165, 1.54) is 5.56 Å². The van der Waals surface area contributed by atoms with Gasteiger partial charge in [-0.3, -0.25) is 5.10 Å². The molecule has 0 saturated carbocycles. The summed E-state index contributed by atoms with van der Waals surface area (Å²) in [6, 6.07) is 18.2. The van der Waals surface area contributed by atoms with Gasteiger partial charge in [0.2, 0.25) is 5.95 Å². The Bertz CT molecular complexity index is 1140. The second kappa shape index (κ2) is 10.1. The maximum Gasteiger partial charge on any atom is 0.227 e. The molecule has 0 unspecified atom stereocenters. The number of aromatic nitrogens is 4. The first-order chi connectivity index (χ1) is 15.6. The Morgan fingerprint density at radius 2 is 1.78 bits per heavy atom. The van der Waals surface area contributed by atoms with Crippen LogP contribution in [0, 0.1) is 0 Å². The Morgan fingerprint density at radius 3 is 2.50 bits per heavy atom. The Balaban J connectivity index is 1.48. The van der Waals surface area contributed by atoms with E-state index in [-0.39, 0.29) is 0 Å². The first-order valence-corrected chi connectivity index (χ1v) is 10.7. The molecule has 4 aromatic rings. The summed E-state index contributed by atoms with van der Waals surface area (Å²) in [6.07, 6.45) is 4.63. The third-order valence-corrected chi connectivity index (χ3v) is 5.13. The van der Waals surface area contributed by atoms with Crippen molar-refractivity contribution in [2.24, 2.45) is 0 Å². The normalized spacial score (nSPS) is 11.0. The first kappa shape index (κ1) is 21.5. The van der Waals surface area contributed by atoms with Crippen LogP contribution >= 0.6 is 0 Å². The zero-order valence-electron chi connectivity index (χ0n) is 18.7. The van der Waals surface area contributed by atoms with E-state index in [1.54, 1.807) is 6.20 Å². The van der Waals surface area contributed by atoms with E-state index in [9.17, 15) is 0 Å². The molecule has 4 rings (SSSR count). The third-order valence-electron chi connectivity index (χ3n) is 5.13. The molecule has 7 heteroatoms. The molecule has 7 nitrogen and oxygen atoms in total. The number of H-pyrrole nitrogens is 1. The van der Waals surface area contributed by atoms with Gasteiger partial charge in [0.15, 0.2) is 0 Å². The molecule has 0 amide bonds. The van der Waals surface area contributed by atoms with Crippen LogP contribution in [0.4, 0.5) is 11.6 Å². The highest BCUT2D eigenvalue weighted by atomic mass is 16.5. The van der Waals surface area contributed by atoms with Gasteiger partial charge in [0.05, 0.1) is 5.69 Å². The lowest BCUT2D eigenvalue weighted by molar-refractivity contribution is 0.261. The maximum atomic E-state index is 5.75. The molecule has 2 heterocycles. The van der Waals surface area contributed by atoms with Gasteiger partial charge >= 0.3 is 0 Å². The van der Waals surface area contributed by atoms with E-state index < -0.39 is 0 Å². The van der Waals surface area contributed by atoms with Gasteiger partial charge in [-0.05, 0) is 56.4 Å². The molecule has 32 heavy (non-hydrogen) atoms. The van der Waals surface area contributed by atoms with Gasteiger partial charge in [-0.2, -0.15) is 5.10 Å². The number of nitrogens with one attached hydrogen (secondary N) is 2. The van der Waals surface area contributed by atoms with E-state index in [4.69, 9.17) is 9.72 Å². The molecular weight excluding hydrogens is 400 g/mol. The number of anilines is 2. The quantitative estimate of drug-likeness (QED) is 0.399. The van der Waals surface area contributed by atoms with E-state index in [2.05, 4.69) is 56.6 Å². The van der Waals surface area contributed by atoms with Gasteiger partial charge in [0, 0.05) is 35.8 Å². The van der Waals surface area contributed by atoms with Gasteiger partial charge in [-0.25, -0.2) is 9.97 Å². The average Bonchev–Trinajstić information content (AvgIpc) is 3.30. The molecule has 0 fully saturated rings. The fourth-order valence-electron chi connectivity index (χ4n) is 3.28. The van der Waals surface area contributed by atoms with Crippen molar-refractivity contribution in [3.05, 3.63) is 72.6 Å². The van der Waals surface area contributed by atoms with E-state index >= 15 is 0 Å². The smallest absolute Gasteiger partial charge is 0.227 e. The standard InChI is InChI=1S/C25H28N6O/c1-4-18-5-7-19(8-6-18)24-22(17-27-30-24)23-13-14-26-25(29-23)28-20-9-11-21(12-10-20)32-16-15-31(2)3/h5-14,17H,4,15-16H2,1-3H3,(H,27,30)(H,26,28,29). The second-order valence-electron chi connectivity index (χ2n) is 7.76. The fourth-order valence-corrected chi connectivity index (χ4v) is 3.28. The van der Waals surface area contributed by atoms with Gasteiger partial charge in [-0.15, -0.1) is 0 Å². The molecule has 2 aromatic heterocycles. The Morgan fingerprint density at radius 1 is 1.00 bits per heavy atom. The number of hydrogen-bond acceptors (Lipinski definition) is 6. The molecule has 2 N–H and O–H groups in total. The summed E-state index contributed by atoms with van der Waals surface area (Å²) in [4.78, 5) is 11.2. The van der Waals surface area contributed by atoms with Crippen LogP contribution in [0.1, 0.15) is 12.5 Å². The van der Waals surface area contributed by atoms with Crippen molar-refractivity contribution >= 4 is 11.6 Å². The lowest BCUT2D eigenvalue weighted by atomic mass is 10.0. The summed E-state index contributed by atoms with van der Waals surface area (Å²) in [7, 11) is 4.05. The molecule has 0 radical (unpaired) electrons. The number of ether oxygens (including phenoxy) is 1. The van der Waals surface area contributed by atoms with Crippen molar-refractivity contribution < 1.29 is 4.74 Å². The summed E-state index contributed by atoms with van der Waals surface area (Å²) < 4.78 is 5.75. The average molecular weight is 429 g/mol. The van der Waals surface area contributed by atoms with Crippen LogP contribution in [-0.4, -0.2) is 52.3 Å². The number of likely N-dealkylation sites (N-methyl/N-ethyl adjacent to an activating group) is 1. The molecular formula is C25H28N6O. The summed E-state index contributed by atoms with van der Waals surface area (Å²) in [5.74, 6) is 1.36. The van der Waals surface area contributed by atoms with Crippen LogP contribution in [0.15, 0.2) is 67.0 Å². The number of aryl methyl sites for hydroxylation is 1. The molecule has 164 valence electrons. The Hall–Kier alpha value is -3.71. The summed E-state index contributed by atoms with van der Waals surface area (Å²) >= 11 is 0. The van der Waals surface area contributed by atoms with Crippen molar-refractivity contribution in [1.82, 2.24) is 25.1 Å². The number of benzene rings is 2. The monoisotopic (exact) mass is 428 g/mol. The molecule has 0 aliphatic heterocycles. The van der Waals surface area contributed by atoms with Crippen molar-refractivity contribution in [2.45, 2.75) is 13.3 Å². The molecule has 0 bridgehead atoms. The van der Waals surface area contributed by atoms with Crippen LogP contribution in [0.2, 0.25) is 0 Å². The minimum atomic E-state index is 0.525. The van der Waals surface area contributed by atoms with Crippen LogP contribution < -0.4 is 10.1 Å². The fraction of sp³-hybridized carbons (Fsp3) is 0.240. The Kier molecular flexibility index (Phi) is 6.77. The zero-order valence-corrected chi connectivity index (χ0v) is 18.7. The van der Waals surface area contributed by atoms with Gasteiger partial charge in [0.1, 0.15) is 18.1 Å². The highest BCUT2D eigenvalue weighted by Crippen LogP contribution is 2.30. The van der Waals surface area contributed by atoms with Gasteiger partial charge in [0.25, 0.3) is 0 Å². The topological polar surface area (TPSA) is 79.0 Å². The number of rotatable bonds is 9. The molecule has 0 spiro atoms. The number of hydrogen-bond donors (Lipinski definition) is 2. The number of aromatic amines is 1. The minimum absolute atomic E-state index is 0.525. The molecule has 2 aromatic carbocycles. The van der Waals surface area contributed by atoms with E-state index in [1.807, 2.05) is 50.6 Å². The van der Waals surface area contributed by atoms with Crippen LogP contribution in [0.5, 0.6) is 5.75 Å². The number of nitrogens with zero attached hydrogens (tertiary/aromatic N) is 4. The predicted octanol–water partition coefficient (Wildman–Crippen LogP) is 4.78. The van der Waals surface area contributed by atoms with Crippen LogP contribution in [0.25, 0.3) is 22.5 Å². The summed E-state index contributed by atoms with van der Waals surface area (Å²) in [6.45, 7) is 3.68. The maximum absolute atomic E-state index is 5.75. The lowest BCUT2D eigenvalue weighted by Gasteiger charge is -2.11. The van der Waals surface area contributed by atoms with Crippen LogP contribution in [0.3, 0.4) is 0 Å².